The van der Waals surface area contributed by atoms with Crippen LogP contribution in [0.25, 0.3) is 0 Å². The predicted molar refractivity (Wildman–Crippen MR) is 118 cm³/mol. The summed E-state index contributed by atoms with van der Waals surface area (Å²) >= 11 is 0. The van der Waals surface area contributed by atoms with Crippen LogP contribution in [0.15, 0.2) is 78.9 Å². The first-order valence-electron chi connectivity index (χ1n) is 10.4. The third-order valence-corrected chi connectivity index (χ3v) is 4.85. The zero-order chi connectivity index (χ0) is 21.0. The van der Waals surface area contributed by atoms with Crippen molar-refractivity contribution in [1.29, 1.82) is 0 Å². The van der Waals surface area contributed by atoms with Crippen LogP contribution < -0.4 is 9.47 Å². The molecule has 0 bridgehead atoms. The average molecular weight is 405 g/mol. The highest BCUT2D eigenvalue weighted by Crippen LogP contribution is 2.24. The molecule has 4 heteroatoms. The van der Waals surface area contributed by atoms with Crippen LogP contribution in [0.5, 0.6) is 11.5 Å². The second kappa shape index (κ2) is 11.7. The summed E-state index contributed by atoms with van der Waals surface area (Å²) in [4.78, 5) is 11.0. The zero-order valence-corrected chi connectivity index (χ0v) is 17.1. The van der Waals surface area contributed by atoms with E-state index in [4.69, 9.17) is 14.6 Å². The fourth-order valence-electron chi connectivity index (χ4n) is 3.21. The second-order valence-electron chi connectivity index (χ2n) is 7.23. The Hall–Kier alpha value is -3.27. The first kappa shape index (κ1) is 21.4. The summed E-state index contributed by atoms with van der Waals surface area (Å²) in [6, 6.07) is 26.0. The number of unbranched alkanes of at least 4 members (excludes halogenated alkanes) is 1. The Morgan fingerprint density at radius 2 is 1.50 bits per heavy atom. The zero-order valence-electron chi connectivity index (χ0n) is 17.1. The molecule has 0 fully saturated rings. The Kier molecular flexibility index (Phi) is 8.34. The molecule has 3 rings (SSSR count). The van der Waals surface area contributed by atoms with Gasteiger partial charge in [0.05, 0.1) is 6.61 Å². The molecule has 0 radical (unpaired) electrons. The van der Waals surface area contributed by atoms with Gasteiger partial charge in [0.25, 0.3) is 0 Å². The van der Waals surface area contributed by atoms with Gasteiger partial charge in [-0.25, -0.2) is 0 Å². The molecule has 3 aromatic carbocycles. The topological polar surface area (TPSA) is 55.8 Å². The Morgan fingerprint density at radius 3 is 2.23 bits per heavy atom. The molecule has 0 unspecified atom stereocenters. The largest absolute Gasteiger partial charge is 0.493 e. The number of carbonyl (C=O) groups is 1. The predicted octanol–water partition coefficient (Wildman–Crippen LogP) is 5.68. The number of hydrogen-bond donors (Lipinski definition) is 1. The lowest BCUT2D eigenvalue weighted by atomic mass is 10.1. The quantitative estimate of drug-likeness (QED) is 0.394. The summed E-state index contributed by atoms with van der Waals surface area (Å²) in [5.74, 6) is 0.765. The van der Waals surface area contributed by atoms with Crippen molar-refractivity contribution in [3.63, 3.8) is 0 Å². The van der Waals surface area contributed by atoms with Gasteiger partial charge in [-0.3, -0.25) is 4.79 Å². The third kappa shape index (κ3) is 7.28. The minimum Gasteiger partial charge on any atom is -0.493 e. The Labute approximate surface area is 178 Å². The van der Waals surface area contributed by atoms with E-state index in [0.29, 0.717) is 19.6 Å². The molecule has 0 saturated carbocycles. The van der Waals surface area contributed by atoms with Crippen LogP contribution in [0.3, 0.4) is 0 Å². The number of rotatable bonds is 12. The SMILES string of the molecule is O=C(O)CCc1ccc(COc2ccccc2)cc1OCCCCc1ccccc1. The molecule has 0 spiro atoms. The lowest BCUT2D eigenvalue weighted by Crippen LogP contribution is -2.05. The molecule has 0 amide bonds. The minimum atomic E-state index is -0.805. The molecule has 0 aliphatic heterocycles. The minimum absolute atomic E-state index is 0.0875. The molecular weight excluding hydrogens is 376 g/mol. The van der Waals surface area contributed by atoms with Gasteiger partial charge in [-0.2, -0.15) is 0 Å². The van der Waals surface area contributed by atoms with Gasteiger partial charge in [0.1, 0.15) is 18.1 Å². The van der Waals surface area contributed by atoms with Gasteiger partial charge >= 0.3 is 5.97 Å². The van der Waals surface area contributed by atoms with Crippen LogP contribution in [0.4, 0.5) is 0 Å². The van der Waals surface area contributed by atoms with Crippen molar-refractivity contribution < 1.29 is 19.4 Å². The summed E-state index contributed by atoms with van der Waals surface area (Å²) in [6.07, 6.45) is 3.56. The maximum Gasteiger partial charge on any atom is 0.303 e. The van der Waals surface area contributed by atoms with E-state index in [9.17, 15) is 4.79 Å². The number of benzene rings is 3. The van der Waals surface area contributed by atoms with Gasteiger partial charge < -0.3 is 14.6 Å². The maximum absolute atomic E-state index is 11.0. The lowest BCUT2D eigenvalue weighted by Gasteiger charge is -2.14. The number of hydrogen-bond acceptors (Lipinski definition) is 3. The van der Waals surface area contributed by atoms with Crippen molar-refractivity contribution in [3.8, 4) is 11.5 Å². The number of para-hydroxylation sites is 1. The second-order valence-corrected chi connectivity index (χ2v) is 7.23. The van der Waals surface area contributed by atoms with Crippen LogP contribution in [0, 0.1) is 0 Å². The van der Waals surface area contributed by atoms with E-state index in [0.717, 1.165) is 41.9 Å². The van der Waals surface area contributed by atoms with Gasteiger partial charge in [-0.1, -0.05) is 60.7 Å². The average Bonchev–Trinajstić information content (AvgIpc) is 2.78. The first-order valence-corrected chi connectivity index (χ1v) is 10.4. The van der Waals surface area contributed by atoms with Crippen LogP contribution in [0.2, 0.25) is 0 Å². The molecule has 1 N–H and O–H groups in total. The molecule has 0 aliphatic rings. The molecule has 30 heavy (non-hydrogen) atoms. The molecule has 0 atom stereocenters. The number of carboxylic acid groups (broad SMARTS) is 1. The van der Waals surface area contributed by atoms with Crippen molar-refractivity contribution >= 4 is 5.97 Å². The van der Waals surface area contributed by atoms with Gasteiger partial charge in [0.2, 0.25) is 0 Å². The van der Waals surface area contributed by atoms with Crippen LogP contribution in [-0.4, -0.2) is 17.7 Å². The molecule has 4 nitrogen and oxygen atoms in total. The van der Waals surface area contributed by atoms with Crippen molar-refractivity contribution in [3.05, 3.63) is 95.6 Å². The molecule has 156 valence electrons. The molecule has 0 aromatic heterocycles. The van der Waals surface area contributed by atoms with Crippen LogP contribution >= 0.6 is 0 Å². The van der Waals surface area contributed by atoms with Gasteiger partial charge in [0, 0.05) is 6.42 Å². The highest BCUT2D eigenvalue weighted by molar-refractivity contribution is 5.67. The molecule has 0 saturated heterocycles. The van der Waals surface area contributed by atoms with E-state index in [1.807, 2.05) is 54.6 Å². The van der Waals surface area contributed by atoms with Crippen molar-refractivity contribution in [2.75, 3.05) is 6.61 Å². The van der Waals surface area contributed by atoms with E-state index in [1.165, 1.54) is 5.56 Å². The highest BCUT2D eigenvalue weighted by atomic mass is 16.5. The summed E-state index contributed by atoms with van der Waals surface area (Å²) in [7, 11) is 0. The van der Waals surface area contributed by atoms with Crippen LogP contribution in [0.1, 0.15) is 36.0 Å². The van der Waals surface area contributed by atoms with E-state index in [1.54, 1.807) is 0 Å². The molecular formula is C26H28O4. The number of ether oxygens (including phenoxy) is 2. The van der Waals surface area contributed by atoms with Crippen molar-refractivity contribution in [2.45, 2.75) is 38.7 Å². The normalized spacial score (nSPS) is 10.5. The van der Waals surface area contributed by atoms with Crippen molar-refractivity contribution in [1.82, 2.24) is 0 Å². The molecule has 0 heterocycles. The fraction of sp³-hybridized carbons (Fsp3) is 0.269. The summed E-state index contributed by atoms with van der Waals surface area (Å²) in [5.41, 5.74) is 3.25. The number of carboxylic acids is 1. The molecule has 3 aromatic rings. The Morgan fingerprint density at radius 1 is 0.767 bits per heavy atom. The molecule has 0 aliphatic carbocycles. The number of aryl methyl sites for hydroxylation is 2. The summed E-state index contributed by atoms with van der Waals surface area (Å²) < 4.78 is 11.9. The Balaban J connectivity index is 1.56. The van der Waals surface area contributed by atoms with Gasteiger partial charge in [-0.05, 0) is 60.6 Å². The summed E-state index contributed by atoms with van der Waals surface area (Å²) in [6.45, 7) is 1.05. The lowest BCUT2D eigenvalue weighted by molar-refractivity contribution is -0.136. The van der Waals surface area contributed by atoms with Crippen LogP contribution in [-0.2, 0) is 24.2 Å². The van der Waals surface area contributed by atoms with Gasteiger partial charge in [0.15, 0.2) is 0 Å². The number of aliphatic carboxylic acids is 1. The standard InChI is InChI=1S/C26H28O4/c27-26(28)17-16-23-15-14-22(20-30-24-12-5-2-6-13-24)19-25(23)29-18-8-7-11-21-9-3-1-4-10-21/h1-6,9-10,12-15,19H,7-8,11,16-18,20H2,(H,27,28). The van der Waals surface area contributed by atoms with E-state index >= 15 is 0 Å². The monoisotopic (exact) mass is 404 g/mol. The van der Waals surface area contributed by atoms with Gasteiger partial charge in [-0.15, -0.1) is 0 Å². The third-order valence-electron chi connectivity index (χ3n) is 4.85. The smallest absolute Gasteiger partial charge is 0.303 e. The fourth-order valence-corrected chi connectivity index (χ4v) is 3.21. The highest BCUT2D eigenvalue weighted by Gasteiger charge is 2.09. The summed E-state index contributed by atoms with van der Waals surface area (Å²) in [5, 5.41) is 9.02. The van der Waals surface area contributed by atoms with E-state index in [2.05, 4.69) is 24.3 Å². The van der Waals surface area contributed by atoms with Crippen molar-refractivity contribution in [2.24, 2.45) is 0 Å². The van der Waals surface area contributed by atoms with E-state index in [-0.39, 0.29) is 6.42 Å². The maximum atomic E-state index is 11.0. The van der Waals surface area contributed by atoms with E-state index < -0.39 is 5.97 Å². The Bertz CT molecular complexity index is 907. The first-order chi connectivity index (χ1) is 14.7.